The average Bonchev–Trinajstić information content (AvgIpc) is 2.08. The van der Waals surface area contributed by atoms with Gasteiger partial charge in [-0.25, -0.2) is 0 Å². The Hall–Kier alpha value is -1.55. The molecule has 4 nitrogen and oxygen atoms in total. The number of nitrogens with two attached hydrogens (primary N) is 1. The number of primary amides is 1. The Morgan fingerprint density at radius 1 is 1.62 bits per heavy atom. The van der Waals surface area contributed by atoms with E-state index in [9.17, 15) is 9.90 Å². The van der Waals surface area contributed by atoms with Crippen molar-refractivity contribution in [3.63, 3.8) is 0 Å². The summed E-state index contributed by atoms with van der Waals surface area (Å²) in [6.07, 6.45) is 0. The second-order valence-electron chi connectivity index (χ2n) is 2.74. The Bertz CT molecular complexity index is 323. The summed E-state index contributed by atoms with van der Waals surface area (Å²) in [5.74, 6) is -0.447. The highest BCUT2D eigenvalue weighted by Crippen LogP contribution is 2.18. The van der Waals surface area contributed by atoms with Gasteiger partial charge in [-0.05, 0) is 19.2 Å². The summed E-state index contributed by atoms with van der Waals surface area (Å²) in [7, 11) is 1.78. The van der Waals surface area contributed by atoms with E-state index < -0.39 is 5.91 Å². The molecule has 0 fully saturated rings. The standard InChI is InChI=1S/C9H12N2O2/c1-11-5-7-3-2-6(9(10)13)4-8(7)12/h2-4,11-12H,5H2,1H3,(H2,10,13). The number of carbonyl (C=O) groups is 1. The van der Waals surface area contributed by atoms with E-state index in [2.05, 4.69) is 5.32 Å². The van der Waals surface area contributed by atoms with Gasteiger partial charge in [0.15, 0.2) is 0 Å². The van der Waals surface area contributed by atoms with Crippen LogP contribution in [0.4, 0.5) is 0 Å². The van der Waals surface area contributed by atoms with Crippen LogP contribution < -0.4 is 11.1 Å². The Labute approximate surface area is 76.4 Å². The summed E-state index contributed by atoms with van der Waals surface area (Å²) < 4.78 is 0. The van der Waals surface area contributed by atoms with E-state index in [0.29, 0.717) is 12.1 Å². The number of phenolic OH excluding ortho intramolecular Hbond substituents is 1. The number of nitrogens with one attached hydrogen (secondary N) is 1. The average molecular weight is 180 g/mol. The quantitative estimate of drug-likeness (QED) is 0.622. The largest absolute Gasteiger partial charge is 0.508 e. The van der Waals surface area contributed by atoms with Gasteiger partial charge < -0.3 is 16.2 Å². The van der Waals surface area contributed by atoms with E-state index in [4.69, 9.17) is 5.73 Å². The molecule has 1 amide bonds. The first-order valence-corrected chi connectivity index (χ1v) is 3.91. The lowest BCUT2D eigenvalue weighted by molar-refractivity contribution is 0.1000. The zero-order valence-electron chi connectivity index (χ0n) is 7.37. The van der Waals surface area contributed by atoms with Crippen molar-refractivity contribution in [2.45, 2.75) is 6.54 Å². The van der Waals surface area contributed by atoms with Gasteiger partial charge in [0.1, 0.15) is 5.75 Å². The zero-order chi connectivity index (χ0) is 9.84. The van der Waals surface area contributed by atoms with Crippen LogP contribution in [0.5, 0.6) is 5.75 Å². The van der Waals surface area contributed by atoms with E-state index in [-0.39, 0.29) is 5.75 Å². The third-order valence-corrected chi connectivity index (χ3v) is 1.74. The minimum Gasteiger partial charge on any atom is -0.508 e. The smallest absolute Gasteiger partial charge is 0.248 e. The third-order valence-electron chi connectivity index (χ3n) is 1.74. The number of carbonyl (C=O) groups excluding carboxylic acids is 1. The van der Waals surface area contributed by atoms with E-state index in [0.717, 1.165) is 5.56 Å². The highest BCUT2D eigenvalue weighted by Gasteiger charge is 2.04. The van der Waals surface area contributed by atoms with Crippen molar-refractivity contribution in [3.05, 3.63) is 29.3 Å². The lowest BCUT2D eigenvalue weighted by Crippen LogP contribution is -2.11. The lowest BCUT2D eigenvalue weighted by atomic mass is 10.1. The van der Waals surface area contributed by atoms with Gasteiger partial charge >= 0.3 is 0 Å². The molecule has 1 rings (SSSR count). The molecular weight excluding hydrogens is 168 g/mol. The maximum absolute atomic E-state index is 10.7. The summed E-state index contributed by atoms with van der Waals surface area (Å²) in [4.78, 5) is 10.7. The minimum atomic E-state index is -0.536. The first kappa shape index (κ1) is 9.54. The molecule has 0 aliphatic rings. The predicted molar refractivity (Wildman–Crippen MR) is 49.4 cm³/mol. The van der Waals surface area contributed by atoms with Crippen LogP contribution in [-0.2, 0) is 6.54 Å². The molecule has 0 aliphatic heterocycles. The molecule has 1 aromatic rings. The van der Waals surface area contributed by atoms with E-state index in [1.165, 1.54) is 6.07 Å². The van der Waals surface area contributed by atoms with Crippen LogP contribution in [0, 0.1) is 0 Å². The number of aromatic hydroxyl groups is 1. The van der Waals surface area contributed by atoms with Gasteiger partial charge in [0.05, 0.1) is 0 Å². The fourth-order valence-electron chi connectivity index (χ4n) is 1.06. The van der Waals surface area contributed by atoms with E-state index in [1.807, 2.05) is 0 Å². The highest BCUT2D eigenvalue weighted by atomic mass is 16.3. The van der Waals surface area contributed by atoms with Crippen LogP contribution in [0.15, 0.2) is 18.2 Å². The molecule has 1 aromatic carbocycles. The Morgan fingerprint density at radius 2 is 2.31 bits per heavy atom. The molecule has 0 atom stereocenters. The summed E-state index contributed by atoms with van der Waals surface area (Å²) in [6.45, 7) is 0.560. The molecule has 0 bridgehead atoms. The van der Waals surface area contributed by atoms with Crippen LogP contribution >= 0.6 is 0 Å². The molecule has 0 unspecified atom stereocenters. The Balaban J connectivity index is 2.98. The van der Waals surface area contributed by atoms with Crippen molar-refractivity contribution in [1.29, 1.82) is 0 Å². The summed E-state index contributed by atoms with van der Waals surface area (Å²) >= 11 is 0. The van der Waals surface area contributed by atoms with Gasteiger partial charge in [-0.1, -0.05) is 6.07 Å². The molecule has 0 aromatic heterocycles. The summed E-state index contributed by atoms with van der Waals surface area (Å²) in [5, 5.41) is 12.3. The minimum absolute atomic E-state index is 0.0886. The molecular formula is C9H12N2O2. The molecule has 0 spiro atoms. The maximum Gasteiger partial charge on any atom is 0.248 e. The molecule has 0 saturated heterocycles. The van der Waals surface area contributed by atoms with Gasteiger partial charge in [0, 0.05) is 17.7 Å². The van der Waals surface area contributed by atoms with Crippen LogP contribution in [0.3, 0.4) is 0 Å². The first-order chi connectivity index (χ1) is 6.15. The fourth-order valence-corrected chi connectivity index (χ4v) is 1.06. The molecule has 70 valence electrons. The number of phenols is 1. The predicted octanol–water partition coefficient (Wildman–Crippen LogP) is 0.210. The number of hydrogen-bond acceptors (Lipinski definition) is 3. The summed E-state index contributed by atoms with van der Waals surface area (Å²) in [6, 6.07) is 4.63. The second-order valence-corrected chi connectivity index (χ2v) is 2.74. The van der Waals surface area contributed by atoms with Gasteiger partial charge in [-0.15, -0.1) is 0 Å². The van der Waals surface area contributed by atoms with Crippen molar-refractivity contribution in [2.75, 3.05) is 7.05 Å². The number of amides is 1. The van der Waals surface area contributed by atoms with Gasteiger partial charge in [-0.2, -0.15) is 0 Å². The van der Waals surface area contributed by atoms with Crippen molar-refractivity contribution in [2.24, 2.45) is 5.73 Å². The highest BCUT2D eigenvalue weighted by molar-refractivity contribution is 5.93. The zero-order valence-corrected chi connectivity index (χ0v) is 7.37. The Kier molecular flexibility index (Phi) is 2.87. The molecule has 4 heteroatoms. The normalized spacial score (nSPS) is 9.92. The van der Waals surface area contributed by atoms with Crippen LogP contribution in [-0.4, -0.2) is 18.1 Å². The molecule has 13 heavy (non-hydrogen) atoms. The molecule has 0 radical (unpaired) electrons. The van der Waals surface area contributed by atoms with Gasteiger partial charge in [0.2, 0.25) is 5.91 Å². The number of hydrogen-bond donors (Lipinski definition) is 3. The van der Waals surface area contributed by atoms with Gasteiger partial charge in [0.25, 0.3) is 0 Å². The third kappa shape index (κ3) is 2.19. The van der Waals surface area contributed by atoms with Crippen molar-refractivity contribution < 1.29 is 9.90 Å². The van der Waals surface area contributed by atoms with Crippen molar-refractivity contribution in [1.82, 2.24) is 5.32 Å². The SMILES string of the molecule is CNCc1ccc(C(N)=O)cc1O. The fraction of sp³-hybridized carbons (Fsp3) is 0.222. The number of rotatable bonds is 3. The molecule has 0 saturated carbocycles. The van der Waals surface area contributed by atoms with E-state index in [1.54, 1.807) is 19.2 Å². The maximum atomic E-state index is 10.7. The second kappa shape index (κ2) is 3.91. The lowest BCUT2D eigenvalue weighted by Gasteiger charge is -2.04. The molecule has 4 N–H and O–H groups in total. The molecule has 0 heterocycles. The van der Waals surface area contributed by atoms with E-state index >= 15 is 0 Å². The Morgan fingerprint density at radius 3 is 2.77 bits per heavy atom. The summed E-state index contributed by atoms with van der Waals surface area (Å²) in [5.41, 5.74) is 6.10. The molecule has 0 aliphatic carbocycles. The van der Waals surface area contributed by atoms with Crippen LogP contribution in [0.1, 0.15) is 15.9 Å². The topological polar surface area (TPSA) is 75.3 Å². The van der Waals surface area contributed by atoms with Crippen molar-refractivity contribution in [3.8, 4) is 5.75 Å². The van der Waals surface area contributed by atoms with Crippen LogP contribution in [0.2, 0.25) is 0 Å². The van der Waals surface area contributed by atoms with Gasteiger partial charge in [-0.3, -0.25) is 4.79 Å². The monoisotopic (exact) mass is 180 g/mol. The number of benzene rings is 1. The van der Waals surface area contributed by atoms with Crippen molar-refractivity contribution >= 4 is 5.91 Å². The first-order valence-electron chi connectivity index (χ1n) is 3.91. The van der Waals surface area contributed by atoms with Crippen LogP contribution in [0.25, 0.3) is 0 Å².